The lowest BCUT2D eigenvalue weighted by Gasteiger charge is -2.07. The van der Waals surface area contributed by atoms with Gasteiger partial charge in [0.15, 0.2) is 5.75 Å². The van der Waals surface area contributed by atoms with Crippen LogP contribution in [0, 0.1) is 13.8 Å². The molecule has 0 aromatic carbocycles. The topological polar surface area (TPSA) is 78.8 Å². The molecule has 0 amide bonds. The average molecular weight is 298 g/mol. The molecule has 90 valence electrons. The Kier molecular flexibility index (Phi) is 3.01. The fraction of sp³-hybridized carbons (Fsp3) is 0.300. The Morgan fingerprint density at radius 1 is 1.35 bits per heavy atom. The van der Waals surface area contributed by atoms with Crippen molar-refractivity contribution in [2.24, 2.45) is 7.05 Å². The summed E-state index contributed by atoms with van der Waals surface area (Å²) in [6.45, 7) is 3.80. The Morgan fingerprint density at radius 3 is 2.65 bits per heavy atom. The second-order valence-electron chi connectivity index (χ2n) is 3.60. The van der Waals surface area contributed by atoms with E-state index in [1.165, 1.54) is 6.33 Å². The minimum Gasteiger partial charge on any atom is -0.434 e. The van der Waals surface area contributed by atoms with Gasteiger partial charge in [-0.3, -0.25) is 4.68 Å². The van der Waals surface area contributed by atoms with Gasteiger partial charge in [-0.05, 0) is 29.8 Å². The quantitative estimate of drug-likeness (QED) is 0.917. The molecule has 2 aromatic heterocycles. The van der Waals surface area contributed by atoms with E-state index >= 15 is 0 Å². The molecule has 2 heterocycles. The molecule has 0 aliphatic carbocycles. The smallest absolute Gasteiger partial charge is 0.239 e. The van der Waals surface area contributed by atoms with Crippen LogP contribution in [0.25, 0.3) is 0 Å². The van der Waals surface area contributed by atoms with E-state index in [4.69, 9.17) is 10.5 Å². The van der Waals surface area contributed by atoms with E-state index < -0.39 is 0 Å². The second kappa shape index (κ2) is 4.33. The first-order valence-corrected chi connectivity index (χ1v) is 5.74. The largest absolute Gasteiger partial charge is 0.434 e. The maximum Gasteiger partial charge on any atom is 0.239 e. The van der Waals surface area contributed by atoms with Gasteiger partial charge < -0.3 is 10.5 Å². The molecule has 0 atom stereocenters. The summed E-state index contributed by atoms with van der Waals surface area (Å²) >= 11 is 3.29. The molecule has 0 unspecified atom stereocenters. The van der Waals surface area contributed by atoms with E-state index in [2.05, 4.69) is 31.0 Å². The first kappa shape index (κ1) is 11.8. The summed E-state index contributed by atoms with van der Waals surface area (Å²) in [5.74, 6) is 1.41. The molecule has 7 heteroatoms. The van der Waals surface area contributed by atoms with Crippen molar-refractivity contribution < 1.29 is 4.74 Å². The normalized spacial score (nSPS) is 10.6. The fourth-order valence-electron chi connectivity index (χ4n) is 1.44. The highest BCUT2D eigenvalue weighted by Gasteiger charge is 2.15. The van der Waals surface area contributed by atoms with Crippen LogP contribution < -0.4 is 10.5 Å². The lowest BCUT2D eigenvalue weighted by molar-refractivity contribution is 0.451. The van der Waals surface area contributed by atoms with Crippen molar-refractivity contribution >= 4 is 21.7 Å². The van der Waals surface area contributed by atoms with Gasteiger partial charge in [0.25, 0.3) is 0 Å². The third kappa shape index (κ3) is 2.10. The van der Waals surface area contributed by atoms with E-state index in [1.54, 1.807) is 4.68 Å². The molecule has 0 saturated heterocycles. The lowest BCUT2D eigenvalue weighted by atomic mass is 10.3. The van der Waals surface area contributed by atoms with Crippen LogP contribution in [0.5, 0.6) is 11.6 Å². The van der Waals surface area contributed by atoms with E-state index in [0.717, 1.165) is 11.4 Å². The summed E-state index contributed by atoms with van der Waals surface area (Å²) in [5.41, 5.74) is 7.38. The van der Waals surface area contributed by atoms with Crippen LogP contribution >= 0.6 is 15.9 Å². The zero-order valence-electron chi connectivity index (χ0n) is 9.73. The molecular formula is C10H12BrN5O. The predicted octanol–water partition coefficient (Wildman–Crippen LogP) is 1.96. The maximum atomic E-state index is 5.71. The van der Waals surface area contributed by atoms with E-state index in [0.29, 0.717) is 21.9 Å². The van der Waals surface area contributed by atoms with Gasteiger partial charge in [0.1, 0.15) is 22.3 Å². The number of ether oxygens (including phenoxy) is 1. The van der Waals surface area contributed by atoms with Crippen LogP contribution in [0.15, 0.2) is 10.8 Å². The van der Waals surface area contributed by atoms with Crippen LogP contribution in [-0.4, -0.2) is 19.7 Å². The van der Waals surface area contributed by atoms with Crippen LogP contribution in [0.4, 0.5) is 5.82 Å². The van der Waals surface area contributed by atoms with Gasteiger partial charge in [-0.25, -0.2) is 9.97 Å². The van der Waals surface area contributed by atoms with Crippen molar-refractivity contribution in [1.82, 2.24) is 19.7 Å². The summed E-state index contributed by atoms with van der Waals surface area (Å²) in [7, 11) is 1.86. The Bertz CT molecular complexity index is 566. The number of nitrogens with two attached hydrogens (primary N) is 1. The number of nitrogen functional groups attached to an aromatic ring is 1. The number of halogens is 1. The predicted molar refractivity (Wildman–Crippen MR) is 66.9 cm³/mol. The highest BCUT2D eigenvalue weighted by Crippen LogP contribution is 2.33. The number of aromatic nitrogens is 4. The summed E-state index contributed by atoms with van der Waals surface area (Å²) in [4.78, 5) is 7.88. The minimum atomic E-state index is 0.342. The van der Waals surface area contributed by atoms with Crippen LogP contribution in [-0.2, 0) is 7.05 Å². The van der Waals surface area contributed by atoms with Gasteiger partial charge >= 0.3 is 0 Å². The van der Waals surface area contributed by atoms with Crippen LogP contribution in [0.3, 0.4) is 0 Å². The van der Waals surface area contributed by atoms with Crippen molar-refractivity contribution in [3.8, 4) is 11.6 Å². The fourth-order valence-corrected chi connectivity index (χ4v) is 1.72. The first-order chi connectivity index (χ1) is 8.00. The number of rotatable bonds is 2. The molecule has 2 rings (SSSR count). The molecule has 6 nitrogen and oxygen atoms in total. The molecule has 0 aliphatic heterocycles. The van der Waals surface area contributed by atoms with Crippen molar-refractivity contribution in [3.63, 3.8) is 0 Å². The average Bonchev–Trinajstić information content (AvgIpc) is 2.51. The SMILES string of the molecule is Cc1nn(C)c(C)c1Oc1ncnc(N)c1Br. The summed E-state index contributed by atoms with van der Waals surface area (Å²) in [6, 6.07) is 0. The highest BCUT2D eigenvalue weighted by atomic mass is 79.9. The lowest BCUT2D eigenvalue weighted by Crippen LogP contribution is -1.98. The molecule has 17 heavy (non-hydrogen) atoms. The summed E-state index contributed by atoms with van der Waals surface area (Å²) < 4.78 is 8.01. The number of hydrogen-bond donors (Lipinski definition) is 1. The Balaban J connectivity index is 2.41. The monoisotopic (exact) mass is 297 g/mol. The first-order valence-electron chi connectivity index (χ1n) is 4.94. The molecule has 0 radical (unpaired) electrons. The van der Waals surface area contributed by atoms with Gasteiger partial charge in [-0.1, -0.05) is 0 Å². The van der Waals surface area contributed by atoms with Gasteiger partial charge in [0.05, 0.1) is 5.69 Å². The van der Waals surface area contributed by atoms with E-state index in [1.807, 2.05) is 20.9 Å². The second-order valence-corrected chi connectivity index (χ2v) is 4.40. The molecule has 0 fully saturated rings. The molecular weight excluding hydrogens is 286 g/mol. The van der Waals surface area contributed by atoms with Crippen molar-refractivity contribution in [2.45, 2.75) is 13.8 Å². The van der Waals surface area contributed by atoms with Crippen molar-refractivity contribution in [3.05, 3.63) is 22.2 Å². The van der Waals surface area contributed by atoms with Gasteiger partial charge in [-0.15, -0.1) is 0 Å². The van der Waals surface area contributed by atoms with Gasteiger partial charge in [0.2, 0.25) is 5.88 Å². The maximum absolute atomic E-state index is 5.71. The van der Waals surface area contributed by atoms with Gasteiger partial charge in [0, 0.05) is 7.05 Å². The van der Waals surface area contributed by atoms with E-state index in [-0.39, 0.29) is 0 Å². The van der Waals surface area contributed by atoms with Crippen LogP contribution in [0.2, 0.25) is 0 Å². The van der Waals surface area contributed by atoms with Crippen molar-refractivity contribution in [1.29, 1.82) is 0 Å². The molecule has 0 saturated carbocycles. The molecule has 2 aromatic rings. The Labute approximate surface area is 107 Å². The Morgan fingerprint density at radius 2 is 2.06 bits per heavy atom. The number of hydrogen-bond acceptors (Lipinski definition) is 5. The zero-order valence-corrected chi connectivity index (χ0v) is 11.3. The molecule has 2 N–H and O–H groups in total. The van der Waals surface area contributed by atoms with Gasteiger partial charge in [-0.2, -0.15) is 5.10 Å². The number of aryl methyl sites for hydroxylation is 2. The summed E-state index contributed by atoms with van der Waals surface area (Å²) in [5, 5.41) is 4.26. The summed E-state index contributed by atoms with van der Waals surface area (Å²) in [6.07, 6.45) is 1.36. The third-order valence-corrected chi connectivity index (χ3v) is 3.17. The zero-order chi connectivity index (χ0) is 12.6. The standard InChI is InChI=1S/C10H12BrN5O/c1-5-8(6(2)16(3)15-5)17-10-7(11)9(12)13-4-14-10/h4H,1-3H3,(H2,12,13,14). The Hall–Kier alpha value is -1.63. The minimum absolute atomic E-state index is 0.342. The third-order valence-electron chi connectivity index (χ3n) is 2.43. The molecule has 0 spiro atoms. The highest BCUT2D eigenvalue weighted by molar-refractivity contribution is 9.10. The van der Waals surface area contributed by atoms with Crippen molar-refractivity contribution in [2.75, 3.05) is 5.73 Å². The number of anilines is 1. The number of nitrogens with zero attached hydrogens (tertiary/aromatic N) is 4. The van der Waals surface area contributed by atoms with E-state index in [9.17, 15) is 0 Å². The molecule has 0 aliphatic rings. The molecule has 0 bridgehead atoms. The van der Waals surface area contributed by atoms with Crippen LogP contribution in [0.1, 0.15) is 11.4 Å².